The molecular formula is C27H48FeO6+3. The minimum absolute atomic E-state index is 0. The van der Waals surface area contributed by atoms with Crippen LogP contribution in [0.4, 0.5) is 0 Å². The van der Waals surface area contributed by atoms with Crippen LogP contribution in [0.15, 0.2) is 0 Å². The summed E-state index contributed by atoms with van der Waals surface area (Å²) in [5.41, 5.74) is -0.715. The van der Waals surface area contributed by atoms with Crippen LogP contribution in [0.1, 0.15) is 104 Å². The summed E-state index contributed by atoms with van der Waals surface area (Å²) in [4.78, 5) is 66.1. The van der Waals surface area contributed by atoms with E-state index < -0.39 is 17.8 Å². The Bertz CT molecular complexity index is 588. The van der Waals surface area contributed by atoms with E-state index in [-0.39, 0.29) is 68.0 Å². The van der Waals surface area contributed by atoms with Crippen LogP contribution in [-0.4, -0.2) is 34.7 Å². The van der Waals surface area contributed by atoms with Crippen molar-refractivity contribution in [2.75, 3.05) is 0 Å². The zero-order valence-electron chi connectivity index (χ0n) is 24.0. The van der Waals surface area contributed by atoms with Crippen LogP contribution in [0.3, 0.4) is 0 Å². The molecule has 0 bridgehead atoms. The second-order valence-corrected chi connectivity index (χ2v) is 12.1. The molecule has 0 atom stereocenters. The maximum atomic E-state index is 11.0. The molecule has 0 rings (SSSR count). The Hall–Kier alpha value is -1.46. The Balaban J connectivity index is -0.000000196. The van der Waals surface area contributed by atoms with Crippen LogP contribution in [0, 0.1) is 34.0 Å². The van der Waals surface area contributed by atoms with Crippen LogP contribution in [0.2, 0.25) is 0 Å². The SMILES string of the molecule is CC(=O)C(C(C)=O)C(C)(C)C.CC(=O)C(C(C)=O)C(C)(C)C.CC(=O)C(C(C)=O)C(C)(C)C.[Fe+3]. The van der Waals surface area contributed by atoms with E-state index in [0.717, 1.165) is 0 Å². The predicted molar refractivity (Wildman–Crippen MR) is 133 cm³/mol. The van der Waals surface area contributed by atoms with E-state index in [9.17, 15) is 28.8 Å². The van der Waals surface area contributed by atoms with Gasteiger partial charge in [-0.3, -0.25) is 28.8 Å². The Morgan fingerprint density at radius 2 is 0.441 bits per heavy atom. The molecule has 0 aliphatic heterocycles. The summed E-state index contributed by atoms with van der Waals surface area (Å²) in [6, 6.07) is 0. The largest absolute Gasteiger partial charge is 3.00 e. The van der Waals surface area contributed by atoms with Crippen molar-refractivity contribution in [3.05, 3.63) is 0 Å². The minimum Gasteiger partial charge on any atom is -0.299 e. The smallest absolute Gasteiger partial charge is 0.299 e. The zero-order valence-corrected chi connectivity index (χ0v) is 25.1. The van der Waals surface area contributed by atoms with Crippen LogP contribution >= 0.6 is 0 Å². The van der Waals surface area contributed by atoms with Gasteiger partial charge in [0.25, 0.3) is 0 Å². The molecule has 0 heterocycles. The molecule has 1 radical (unpaired) electrons. The first-order valence-corrected chi connectivity index (χ1v) is 11.3. The Labute approximate surface area is 218 Å². The van der Waals surface area contributed by atoms with E-state index >= 15 is 0 Å². The number of rotatable bonds is 6. The van der Waals surface area contributed by atoms with Gasteiger partial charge in [-0.1, -0.05) is 62.3 Å². The normalized spacial score (nSPS) is 11.5. The van der Waals surface area contributed by atoms with Crippen LogP contribution in [0.5, 0.6) is 0 Å². The molecule has 0 N–H and O–H groups in total. The third kappa shape index (κ3) is 16.2. The van der Waals surface area contributed by atoms with Crippen molar-refractivity contribution in [3.8, 4) is 0 Å². The average molecular weight is 525 g/mol. The number of Topliss-reactive ketones (excluding diaryl/α,β-unsaturated/α-hetero) is 6. The van der Waals surface area contributed by atoms with E-state index in [1.54, 1.807) is 0 Å². The summed E-state index contributed by atoms with van der Waals surface area (Å²) >= 11 is 0. The fourth-order valence-electron chi connectivity index (χ4n) is 4.52. The molecule has 0 saturated carbocycles. The molecule has 0 unspecified atom stereocenters. The van der Waals surface area contributed by atoms with Crippen LogP contribution < -0.4 is 0 Å². The van der Waals surface area contributed by atoms with Gasteiger partial charge in [0.2, 0.25) is 0 Å². The van der Waals surface area contributed by atoms with Crippen molar-refractivity contribution in [2.45, 2.75) is 104 Å². The van der Waals surface area contributed by atoms with Crippen molar-refractivity contribution in [1.82, 2.24) is 0 Å². The van der Waals surface area contributed by atoms with Gasteiger partial charge in [-0.05, 0) is 57.8 Å². The van der Waals surface area contributed by atoms with Crippen LogP contribution in [0.25, 0.3) is 0 Å². The van der Waals surface area contributed by atoms with Crippen molar-refractivity contribution in [3.63, 3.8) is 0 Å². The number of ketones is 6. The third-order valence-corrected chi connectivity index (χ3v) is 5.04. The van der Waals surface area contributed by atoms with Gasteiger partial charge < -0.3 is 0 Å². The van der Waals surface area contributed by atoms with Gasteiger partial charge in [0.15, 0.2) is 0 Å². The van der Waals surface area contributed by atoms with Gasteiger partial charge in [-0.2, -0.15) is 0 Å². The summed E-state index contributed by atoms with van der Waals surface area (Å²) in [6.45, 7) is 25.9. The number of carbonyl (C=O) groups is 6. The summed E-state index contributed by atoms with van der Waals surface area (Å²) in [6.07, 6.45) is 0. The number of hydrogen-bond acceptors (Lipinski definition) is 6. The van der Waals surface area contributed by atoms with Gasteiger partial charge in [-0.25, -0.2) is 0 Å². The standard InChI is InChI=1S/3C9H16O2.Fe/c3*1-6(10)8(7(2)11)9(3,4)5;/h3*8H,1-5H3;/q;;;+3. The molecule has 0 aliphatic rings. The Morgan fingerprint density at radius 1 is 0.353 bits per heavy atom. The van der Waals surface area contributed by atoms with Gasteiger partial charge in [-0.15, -0.1) is 0 Å². The van der Waals surface area contributed by atoms with E-state index in [0.29, 0.717) is 0 Å². The quantitative estimate of drug-likeness (QED) is 0.337. The summed E-state index contributed by atoms with van der Waals surface area (Å²) in [7, 11) is 0. The van der Waals surface area contributed by atoms with Crippen molar-refractivity contribution >= 4 is 34.7 Å². The van der Waals surface area contributed by atoms with E-state index in [2.05, 4.69) is 0 Å². The first-order chi connectivity index (χ1) is 14.3. The molecule has 0 aromatic heterocycles. The molecule has 0 aliphatic carbocycles. The molecule has 197 valence electrons. The second-order valence-electron chi connectivity index (χ2n) is 12.1. The van der Waals surface area contributed by atoms with Crippen LogP contribution in [-0.2, 0) is 45.8 Å². The maximum Gasteiger partial charge on any atom is 3.00 e. The van der Waals surface area contributed by atoms with Crippen molar-refractivity contribution in [1.29, 1.82) is 0 Å². The Kier molecular flexibility index (Phi) is 18.1. The molecule has 0 spiro atoms. The first-order valence-electron chi connectivity index (χ1n) is 11.3. The summed E-state index contributed by atoms with van der Waals surface area (Å²) < 4.78 is 0. The van der Waals surface area contributed by atoms with Gasteiger partial charge in [0.05, 0.1) is 17.8 Å². The minimum atomic E-state index is -0.442. The number of carbonyl (C=O) groups excluding carboxylic acids is 6. The molecule has 0 saturated heterocycles. The molecule has 0 aromatic rings. The fraction of sp³-hybridized carbons (Fsp3) is 0.778. The molecule has 6 nitrogen and oxygen atoms in total. The number of hydrogen-bond donors (Lipinski definition) is 0. The van der Waals surface area contributed by atoms with E-state index in [1.807, 2.05) is 62.3 Å². The molecular weight excluding hydrogens is 476 g/mol. The predicted octanol–water partition coefficient (Wildman–Crippen LogP) is 5.48. The molecule has 0 amide bonds. The van der Waals surface area contributed by atoms with Gasteiger partial charge >= 0.3 is 17.1 Å². The topological polar surface area (TPSA) is 102 Å². The average Bonchev–Trinajstić information content (AvgIpc) is 2.39. The van der Waals surface area contributed by atoms with E-state index in [1.165, 1.54) is 41.5 Å². The molecule has 7 heteroatoms. The van der Waals surface area contributed by atoms with E-state index in [4.69, 9.17) is 0 Å². The van der Waals surface area contributed by atoms with Crippen molar-refractivity contribution < 1.29 is 45.8 Å². The first kappa shape index (κ1) is 39.7. The molecule has 0 fully saturated rings. The van der Waals surface area contributed by atoms with Gasteiger partial charge in [0, 0.05) is 0 Å². The summed E-state index contributed by atoms with van der Waals surface area (Å²) in [5.74, 6) is -1.55. The molecule has 34 heavy (non-hydrogen) atoms. The zero-order chi connectivity index (χ0) is 27.7. The molecule has 0 aromatic carbocycles. The van der Waals surface area contributed by atoms with Gasteiger partial charge in [0.1, 0.15) is 34.7 Å². The Morgan fingerprint density at radius 3 is 0.441 bits per heavy atom. The third-order valence-electron chi connectivity index (χ3n) is 5.04. The fourth-order valence-corrected chi connectivity index (χ4v) is 4.52. The monoisotopic (exact) mass is 524 g/mol. The maximum absolute atomic E-state index is 11.0. The van der Waals surface area contributed by atoms with Crippen molar-refractivity contribution in [2.24, 2.45) is 34.0 Å². The summed E-state index contributed by atoms with van der Waals surface area (Å²) in [5, 5.41) is 0. The second kappa shape index (κ2) is 15.5.